The van der Waals surface area contributed by atoms with Crippen LogP contribution in [0.3, 0.4) is 0 Å². The van der Waals surface area contributed by atoms with Crippen LogP contribution in [0.15, 0.2) is 65.9 Å². The molecule has 2 aromatic carbocycles. The maximum atomic E-state index is 9.45. The third-order valence-electron chi connectivity index (χ3n) is 5.75. The van der Waals surface area contributed by atoms with Crippen molar-refractivity contribution in [1.29, 1.82) is 0 Å². The highest BCUT2D eigenvalue weighted by Gasteiger charge is 2.44. The lowest BCUT2D eigenvalue weighted by molar-refractivity contribution is 0.127. The first-order valence-corrected chi connectivity index (χ1v) is 10.6. The molecule has 0 aliphatic heterocycles. The molecule has 0 amide bonds. The highest BCUT2D eigenvalue weighted by atomic mass is 32.1. The fourth-order valence-corrected chi connectivity index (χ4v) is 4.48. The maximum absolute atomic E-state index is 9.45. The van der Waals surface area contributed by atoms with Crippen molar-refractivity contribution in [2.75, 3.05) is 7.05 Å². The smallest absolute Gasteiger partial charge is 0.142 e. The summed E-state index contributed by atoms with van der Waals surface area (Å²) >= 11 is 5.82. The van der Waals surface area contributed by atoms with Crippen LogP contribution in [0.2, 0.25) is 0 Å². The number of aromatic nitrogens is 1. The molecule has 1 saturated carbocycles. The second-order valence-corrected chi connectivity index (χ2v) is 7.99. The largest absolute Gasteiger partial charge is 0.508 e. The Bertz CT molecular complexity index is 1080. The Balaban J connectivity index is 1.70. The first-order valence-electron chi connectivity index (χ1n) is 10.2. The monoisotopic (exact) mass is 419 g/mol. The summed E-state index contributed by atoms with van der Waals surface area (Å²) in [5.74, 6) is 0.236. The van der Waals surface area contributed by atoms with E-state index in [2.05, 4.69) is 27.6 Å². The van der Waals surface area contributed by atoms with E-state index in [-0.39, 0.29) is 5.75 Å². The van der Waals surface area contributed by atoms with Gasteiger partial charge in [-0.2, -0.15) is 0 Å². The van der Waals surface area contributed by atoms with E-state index in [1.54, 1.807) is 12.1 Å². The normalized spacial score (nSPS) is 20.2. The van der Waals surface area contributed by atoms with Crippen molar-refractivity contribution in [1.82, 2.24) is 10.3 Å². The van der Waals surface area contributed by atoms with E-state index in [1.807, 2.05) is 43.6 Å². The third kappa shape index (κ3) is 3.87. The number of nitrogens with zero attached hydrogens (tertiary/aromatic N) is 2. The number of para-hydroxylation sites is 1. The van der Waals surface area contributed by atoms with Gasteiger partial charge in [0.1, 0.15) is 12.4 Å². The van der Waals surface area contributed by atoms with Crippen LogP contribution < -0.4 is 5.32 Å². The van der Waals surface area contributed by atoms with Crippen LogP contribution >= 0.6 is 12.2 Å². The number of fused-ring (bicyclic) bond motifs is 1. The Kier molecular flexibility index (Phi) is 5.95. The molecule has 4 rings (SSSR count). The summed E-state index contributed by atoms with van der Waals surface area (Å²) < 4.78 is 0. The van der Waals surface area contributed by atoms with E-state index in [9.17, 15) is 5.11 Å². The fourth-order valence-electron chi connectivity index (χ4n) is 4.15. The number of pyridine rings is 1. The Morgan fingerprint density at radius 3 is 2.80 bits per heavy atom. The lowest BCUT2D eigenvalue weighted by Crippen LogP contribution is -2.50. The van der Waals surface area contributed by atoms with Crippen LogP contribution in [0.1, 0.15) is 36.8 Å². The zero-order valence-corrected chi connectivity index (χ0v) is 17.8. The van der Waals surface area contributed by atoms with Crippen molar-refractivity contribution in [2.24, 2.45) is 5.16 Å². The van der Waals surface area contributed by atoms with Crippen molar-refractivity contribution >= 4 is 33.8 Å². The van der Waals surface area contributed by atoms with Gasteiger partial charge in [-0.25, -0.2) is 0 Å². The second kappa shape index (κ2) is 8.79. The molecular formula is C24H25N3O2S. The van der Waals surface area contributed by atoms with Crippen molar-refractivity contribution < 1.29 is 9.94 Å². The minimum absolute atomic E-state index is 0.236. The SMILES string of the molecule is CNC(=S)C1(c2cnc3ccccc3c2)CCCC/C1=N/OCc1ccc(O)cc1. The number of phenolic OH excluding ortho intramolecular Hbond substituents is 1. The van der Waals surface area contributed by atoms with Gasteiger partial charge in [-0.3, -0.25) is 4.98 Å². The van der Waals surface area contributed by atoms with Crippen LogP contribution in [0, 0.1) is 0 Å². The molecule has 5 nitrogen and oxygen atoms in total. The van der Waals surface area contributed by atoms with Crippen LogP contribution in [-0.2, 0) is 16.9 Å². The highest BCUT2D eigenvalue weighted by molar-refractivity contribution is 7.80. The lowest BCUT2D eigenvalue weighted by atomic mass is 9.68. The molecule has 0 radical (unpaired) electrons. The van der Waals surface area contributed by atoms with E-state index in [1.165, 1.54) is 0 Å². The first-order chi connectivity index (χ1) is 14.6. The van der Waals surface area contributed by atoms with Crippen molar-refractivity contribution in [2.45, 2.75) is 37.7 Å². The average Bonchev–Trinajstić information content (AvgIpc) is 2.80. The van der Waals surface area contributed by atoms with Gasteiger partial charge >= 0.3 is 0 Å². The van der Waals surface area contributed by atoms with Gasteiger partial charge in [-0.1, -0.05) is 54.1 Å². The number of hydrogen-bond donors (Lipinski definition) is 2. The average molecular weight is 420 g/mol. The van der Waals surface area contributed by atoms with Crippen LogP contribution in [-0.4, -0.2) is 27.8 Å². The molecule has 1 heterocycles. The Hall–Kier alpha value is -2.99. The zero-order valence-electron chi connectivity index (χ0n) is 17.0. The minimum Gasteiger partial charge on any atom is -0.508 e. The summed E-state index contributed by atoms with van der Waals surface area (Å²) in [5, 5.41) is 18.3. The molecule has 1 unspecified atom stereocenters. The second-order valence-electron chi connectivity index (χ2n) is 7.59. The number of benzene rings is 2. The van der Waals surface area contributed by atoms with E-state index in [4.69, 9.17) is 17.1 Å². The Morgan fingerprint density at radius 1 is 1.20 bits per heavy atom. The number of nitrogens with one attached hydrogen (secondary N) is 1. The van der Waals surface area contributed by atoms with E-state index >= 15 is 0 Å². The summed E-state index contributed by atoms with van der Waals surface area (Å²) in [4.78, 5) is 11.2. The van der Waals surface area contributed by atoms with E-state index < -0.39 is 5.41 Å². The molecule has 1 atom stereocenters. The van der Waals surface area contributed by atoms with Gasteiger partial charge in [0.15, 0.2) is 0 Å². The molecule has 0 bridgehead atoms. The number of oxime groups is 1. The highest BCUT2D eigenvalue weighted by Crippen LogP contribution is 2.39. The standard InChI is InChI=1S/C24H25N3O2S/c1-25-23(30)24(19-14-18-6-2-3-7-21(18)26-15-19)13-5-4-8-22(24)27-29-16-17-9-11-20(28)12-10-17/h2-3,6-7,9-12,14-15,28H,4-5,8,13,16H2,1H3,(H,25,30)/b27-22-. The van der Waals surface area contributed by atoms with Gasteiger partial charge in [-0.15, -0.1) is 0 Å². The Morgan fingerprint density at radius 2 is 2.00 bits per heavy atom. The number of phenols is 1. The molecule has 2 N–H and O–H groups in total. The molecule has 1 aliphatic rings. The zero-order chi connectivity index (χ0) is 21.0. The quantitative estimate of drug-likeness (QED) is 0.456. The molecule has 0 spiro atoms. The first kappa shape index (κ1) is 20.3. The minimum atomic E-state index is -0.520. The lowest BCUT2D eigenvalue weighted by Gasteiger charge is -2.38. The molecule has 1 aromatic heterocycles. The van der Waals surface area contributed by atoms with Gasteiger partial charge in [0.25, 0.3) is 0 Å². The molecule has 0 saturated heterocycles. The number of thiocarbonyl (C=S) groups is 1. The summed E-state index contributed by atoms with van der Waals surface area (Å²) in [6.07, 6.45) is 5.73. The molecular weight excluding hydrogens is 394 g/mol. The van der Waals surface area contributed by atoms with Gasteiger partial charge < -0.3 is 15.3 Å². The third-order valence-corrected chi connectivity index (χ3v) is 6.30. The molecule has 6 heteroatoms. The number of aromatic hydroxyl groups is 1. The topological polar surface area (TPSA) is 66.7 Å². The number of hydrogen-bond acceptors (Lipinski definition) is 5. The van der Waals surface area contributed by atoms with Crippen molar-refractivity contribution in [3.05, 3.63) is 71.9 Å². The van der Waals surface area contributed by atoms with Gasteiger partial charge in [0, 0.05) is 18.6 Å². The van der Waals surface area contributed by atoms with Gasteiger partial charge in [0.05, 0.1) is 21.6 Å². The molecule has 1 aliphatic carbocycles. The number of rotatable bonds is 5. The maximum Gasteiger partial charge on any atom is 0.142 e. The summed E-state index contributed by atoms with van der Waals surface area (Å²) in [7, 11) is 1.86. The molecule has 1 fully saturated rings. The summed E-state index contributed by atoms with van der Waals surface area (Å²) in [6, 6.07) is 17.2. The molecule has 30 heavy (non-hydrogen) atoms. The van der Waals surface area contributed by atoms with Crippen LogP contribution in [0.25, 0.3) is 10.9 Å². The van der Waals surface area contributed by atoms with E-state index in [0.717, 1.165) is 58.4 Å². The summed E-state index contributed by atoms with van der Waals surface area (Å²) in [5.41, 5.74) is 3.37. The number of likely N-dealkylation sites (N-methyl/N-ethyl adjacent to an activating group) is 1. The van der Waals surface area contributed by atoms with E-state index in [0.29, 0.717) is 6.61 Å². The predicted molar refractivity (Wildman–Crippen MR) is 124 cm³/mol. The van der Waals surface area contributed by atoms with Crippen molar-refractivity contribution in [3.8, 4) is 5.75 Å². The predicted octanol–water partition coefficient (Wildman–Crippen LogP) is 4.87. The fraction of sp³-hybridized carbons (Fsp3) is 0.292. The van der Waals surface area contributed by atoms with Crippen LogP contribution in [0.4, 0.5) is 0 Å². The molecule has 154 valence electrons. The Labute approximate surface area is 181 Å². The van der Waals surface area contributed by atoms with Gasteiger partial charge in [-0.05, 0) is 54.7 Å². The summed E-state index contributed by atoms with van der Waals surface area (Å²) in [6.45, 7) is 0.335. The molecule has 3 aromatic rings. The van der Waals surface area contributed by atoms with Crippen LogP contribution in [0.5, 0.6) is 5.75 Å². The van der Waals surface area contributed by atoms with Gasteiger partial charge in [0.2, 0.25) is 0 Å². The van der Waals surface area contributed by atoms with Crippen molar-refractivity contribution in [3.63, 3.8) is 0 Å².